The van der Waals surface area contributed by atoms with Gasteiger partial charge in [-0.15, -0.1) is 0 Å². The molecule has 0 spiro atoms. The molecule has 1 aromatic rings. The Bertz CT molecular complexity index is 405. The van der Waals surface area contributed by atoms with Gasteiger partial charge in [-0.05, 0) is 31.0 Å². The molecular formula is C14H19FN2O. The molecule has 1 aliphatic rings. The summed E-state index contributed by atoms with van der Waals surface area (Å²) in [7, 11) is 0. The first-order chi connectivity index (χ1) is 8.65. The zero-order valence-corrected chi connectivity index (χ0v) is 10.7. The van der Waals surface area contributed by atoms with Crippen molar-refractivity contribution in [2.24, 2.45) is 0 Å². The molecule has 0 aliphatic carbocycles. The molecule has 0 radical (unpaired) electrons. The molecule has 1 amide bonds. The Hall–Kier alpha value is -1.42. The lowest BCUT2D eigenvalue weighted by molar-refractivity contribution is -0.127. The van der Waals surface area contributed by atoms with Gasteiger partial charge in [0.25, 0.3) is 0 Å². The van der Waals surface area contributed by atoms with Crippen LogP contribution in [0, 0.1) is 5.82 Å². The zero-order chi connectivity index (χ0) is 13.0. The highest BCUT2D eigenvalue weighted by molar-refractivity contribution is 5.78. The van der Waals surface area contributed by atoms with Crippen molar-refractivity contribution in [3.63, 3.8) is 0 Å². The third-order valence-corrected chi connectivity index (χ3v) is 3.23. The fourth-order valence-electron chi connectivity index (χ4n) is 2.19. The summed E-state index contributed by atoms with van der Waals surface area (Å²) in [6.07, 6.45) is 1.66. The van der Waals surface area contributed by atoms with E-state index in [4.69, 9.17) is 0 Å². The summed E-state index contributed by atoms with van der Waals surface area (Å²) in [4.78, 5) is 13.4. The molecule has 1 N–H and O–H groups in total. The highest BCUT2D eigenvalue weighted by atomic mass is 19.1. The normalized spacial score (nSPS) is 17.2. The van der Waals surface area contributed by atoms with Crippen LogP contribution in [0.4, 0.5) is 4.39 Å². The van der Waals surface area contributed by atoms with Gasteiger partial charge in [0, 0.05) is 32.1 Å². The molecule has 0 aromatic heterocycles. The monoisotopic (exact) mass is 250 g/mol. The zero-order valence-electron chi connectivity index (χ0n) is 10.7. The van der Waals surface area contributed by atoms with E-state index in [0.29, 0.717) is 13.0 Å². The Kier molecular flexibility index (Phi) is 4.31. The fourth-order valence-corrected chi connectivity index (χ4v) is 2.19. The minimum Gasteiger partial charge on any atom is -0.341 e. The average Bonchev–Trinajstić information content (AvgIpc) is 2.74. The first-order valence-corrected chi connectivity index (χ1v) is 6.41. The maximum absolute atomic E-state index is 12.7. The molecule has 4 heteroatoms. The molecule has 1 fully saturated rings. The molecule has 1 saturated heterocycles. The Morgan fingerprint density at radius 2 is 2.11 bits per heavy atom. The lowest BCUT2D eigenvalue weighted by Gasteiger charge is -2.21. The van der Waals surface area contributed by atoms with E-state index in [0.717, 1.165) is 25.1 Å². The van der Waals surface area contributed by atoms with Gasteiger partial charge >= 0.3 is 0 Å². The van der Waals surface area contributed by atoms with E-state index in [1.54, 1.807) is 12.1 Å². The van der Waals surface area contributed by atoms with Gasteiger partial charge in [-0.25, -0.2) is 4.39 Å². The topological polar surface area (TPSA) is 32.3 Å². The van der Waals surface area contributed by atoms with Gasteiger partial charge in [0.2, 0.25) is 5.91 Å². The van der Waals surface area contributed by atoms with Gasteiger partial charge in [-0.1, -0.05) is 12.1 Å². The van der Waals surface area contributed by atoms with Gasteiger partial charge in [0.05, 0.1) is 0 Å². The van der Waals surface area contributed by atoms with Crippen molar-refractivity contribution >= 4 is 5.91 Å². The van der Waals surface area contributed by atoms with Gasteiger partial charge < -0.3 is 10.2 Å². The molecule has 2 rings (SSSR count). The van der Waals surface area contributed by atoms with Crippen molar-refractivity contribution in [1.29, 1.82) is 0 Å². The second-order valence-electron chi connectivity index (χ2n) is 4.85. The molecular weight excluding hydrogens is 231 g/mol. The van der Waals surface area contributed by atoms with Crippen LogP contribution >= 0.6 is 0 Å². The lowest BCUT2D eigenvalue weighted by atomic mass is 10.2. The molecule has 1 atom stereocenters. The lowest BCUT2D eigenvalue weighted by Crippen LogP contribution is -2.39. The molecule has 3 nitrogen and oxygen atoms in total. The van der Waals surface area contributed by atoms with E-state index in [1.165, 1.54) is 12.1 Å². The van der Waals surface area contributed by atoms with Crippen molar-refractivity contribution in [3.8, 4) is 0 Å². The second kappa shape index (κ2) is 5.96. The number of halogens is 1. The van der Waals surface area contributed by atoms with Gasteiger partial charge in [0.1, 0.15) is 5.82 Å². The molecule has 18 heavy (non-hydrogen) atoms. The molecule has 1 unspecified atom stereocenters. The maximum Gasteiger partial charge on any atom is 0.222 e. The molecule has 1 aromatic carbocycles. The van der Waals surface area contributed by atoms with Crippen molar-refractivity contribution in [1.82, 2.24) is 10.2 Å². The van der Waals surface area contributed by atoms with E-state index in [9.17, 15) is 9.18 Å². The maximum atomic E-state index is 12.7. The van der Waals surface area contributed by atoms with Crippen LogP contribution in [0.1, 0.15) is 25.3 Å². The van der Waals surface area contributed by atoms with Crippen LogP contribution in [0.5, 0.6) is 0 Å². The molecule has 1 heterocycles. The minimum atomic E-state index is -0.213. The van der Waals surface area contributed by atoms with Crippen LogP contribution in [0.3, 0.4) is 0 Å². The first kappa shape index (κ1) is 13.0. The van der Waals surface area contributed by atoms with Crippen molar-refractivity contribution in [3.05, 3.63) is 35.6 Å². The number of hydrogen-bond donors (Lipinski definition) is 1. The molecule has 0 saturated carbocycles. The first-order valence-electron chi connectivity index (χ1n) is 6.41. The van der Waals surface area contributed by atoms with E-state index in [2.05, 4.69) is 12.2 Å². The minimum absolute atomic E-state index is 0.213. The Morgan fingerprint density at radius 1 is 1.39 bits per heavy atom. The van der Waals surface area contributed by atoms with Crippen LogP contribution < -0.4 is 5.32 Å². The number of amides is 1. The van der Waals surface area contributed by atoms with Crippen LogP contribution in [0.2, 0.25) is 0 Å². The smallest absolute Gasteiger partial charge is 0.222 e. The molecule has 1 aliphatic heterocycles. The summed E-state index contributed by atoms with van der Waals surface area (Å²) >= 11 is 0. The molecule has 0 bridgehead atoms. The van der Waals surface area contributed by atoms with E-state index >= 15 is 0 Å². The van der Waals surface area contributed by atoms with Crippen LogP contribution in [-0.2, 0) is 11.3 Å². The fraction of sp³-hybridized carbons (Fsp3) is 0.500. The summed E-state index contributed by atoms with van der Waals surface area (Å²) in [5.41, 5.74) is 1.05. The second-order valence-corrected chi connectivity index (χ2v) is 4.85. The number of likely N-dealkylation sites (tertiary alicyclic amines) is 1. The van der Waals surface area contributed by atoms with Crippen molar-refractivity contribution in [2.75, 3.05) is 13.1 Å². The summed E-state index contributed by atoms with van der Waals surface area (Å²) < 4.78 is 12.7. The van der Waals surface area contributed by atoms with Crippen LogP contribution in [-0.4, -0.2) is 29.9 Å². The van der Waals surface area contributed by atoms with Crippen LogP contribution in [0.15, 0.2) is 24.3 Å². The standard InChI is InChI=1S/C14H19FN2O/c1-11(10-17-8-2-3-14(17)18)16-9-12-4-6-13(15)7-5-12/h4-7,11,16H,2-3,8-10H2,1H3. The number of carbonyl (C=O) groups is 1. The summed E-state index contributed by atoms with van der Waals surface area (Å²) in [5.74, 6) is 0.0416. The number of carbonyl (C=O) groups excluding carboxylic acids is 1. The number of benzene rings is 1. The Morgan fingerprint density at radius 3 is 2.72 bits per heavy atom. The number of nitrogens with zero attached hydrogens (tertiary/aromatic N) is 1. The number of rotatable bonds is 5. The Labute approximate surface area is 107 Å². The SMILES string of the molecule is CC(CN1CCCC1=O)NCc1ccc(F)cc1. The van der Waals surface area contributed by atoms with Gasteiger partial charge in [-0.3, -0.25) is 4.79 Å². The van der Waals surface area contributed by atoms with E-state index < -0.39 is 0 Å². The number of nitrogens with one attached hydrogen (secondary N) is 1. The van der Waals surface area contributed by atoms with Gasteiger partial charge in [0.15, 0.2) is 0 Å². The summed E-state index contributed by atoms with van der Waals surface area (Å²) in [6.45, 7) is 4.39. The quantitative estimate of drug-likeness (QED) is 0.866. The predicted octanol–water partition coefficient (Wildman–Crippen LogP) is 1.93. The highest BCUT2D eigenvalue weighted by Crippen LogP contribution is 2.10. The summed E-state index contributed by atoms with van der Waals surface area (Å²) in [5, 5.41) is 3.35. The predicted molar refractivity (Wildman–Crippen MR) is 68.5 cm³/mol. The van der Waals surface area contributed by atoms with Crippen molar-refractivity contribution in [2.45, 2.75) is 32.4 Å². The Balaban J connectivity index is 1.76. The van der Waals surface area contributed by atoms with E-state index in [1.807, 2.05) is 4.90 Å². The third-order valence-electron chi connectivity index (χ3n) is 3.23. The highest BCUT2D eigenvalue weighted by Gasteiger charge is 2.21. The van der Waals surface area contributed by atoms with Crippen molar-refractivity contribution < 1.29 is 9.18 Å². The summed E-state index contributed by atoms with van der Waals surface area (Å²) in [6, 6.07) is 6.72. The van der Waals surface area contributed by atoms with E-state index in [-0.39, 0.29) is 17.8 Å². The number of hydrogen-bond acceptors (Lipinski definition) is 2. The van der Waals surface area contributed by atoms with Crippen LogP contribution in [0.25, 0.3) is 0 Å². The van der Waals surface area contributed by atoms with Gasteiger partial charge in [-0.2, -0.15) is 0 Å². The molecule has 98 valence electrons. The average molecular weight is 250 g/mol. The largest absolute Gasteiger partial charge is 0.341 e. The third kappa shape index (κ3) is 3.53.